The van der Waals surface area contributed by atoms with Gasteiger partial charge in [0.15, 0.2) is 5.65 Å². The molecular formula is C17H21N5O. The Bertz CT molecular complexity index is 856. The fourth-order valence-corrected chi connectivity index (χ4v) is 2.59. The van der Waals surface area contributed by atoms with E-state index in [2.05, 4.69) is 41.9 Å². The summed E-state index contributed by atoms with van der Waals surface area (Å²) in [7, 11) is 0. The SMILES string of the molecule is Cc1cc(C)cc(Oc2nn(C(C)(C)C)c3ncnc(N)c23)c1. The highest BCUT2D eigenvalue weighted by molar-refractivity contribution is 5.91. The molecule has 0 saturated carbocycles. The molecule has 0 atom stereocenters. The van der Waals surface area contributed by atoms with Crippen molar-refractivity contribution >= 4 is 16.9 Å². The third-order valence-corrected chi connectivity index (χ3v) is 3.51. The summed E-state index contributed by atoms with van der Waals surface area (Å²) in [5.41, 5.74) is 8.72. The normalized spacial score (nSPS) is 11.9. The summed E-state index contributed by atoms with van der Waals surface area (Å²) in [5.74, 6) is 1.52. The highest BCUT2D eigenvalue weighted by Gasteiger charge is 2.24. The Morgan fingerprint density at radius 2 is 1.70 bits per heavy atom. The van der Waals surface area contributed by atoms with Gasteiger partial charge in [-0.05, 0) is 57.9 Å². The minimum Gasteiger partial charge on any atom is -0.437 e. The maximum Gasteiger partial charge on any atom is 0.251 e. The van der Waals surface area contributed by atoms with Crippen LogP contribution in [0, 0.1) is 13.8 Å². The highest BCUT2D eigenvalue weighted by atomic mass is 16.5. The molecule has 120 valence electrons. The van der Waals surface area contributed by atoms with E-state index in [9.17, 15) is 0 Å². The number of hydrogen-bond donors (Lipinski definition) is 1. The fourth-order valence-electron chi connectivity index (χ4n) is 2.59. The van der Waals surface area contributed by atoms with Gasteiger partial charge in [-0.25, -0.2) is 14.6 Å². The van der Waals surface area contributed by atoms with E-state index in [1.807, 2.05) is 30.7 Å². The number of nitrogen functional groups attached to an aromatic ring is 1. The van der Waals surface area contributed by atoms with Crippen molar-refractivity contribution in [2.75, 3.05) is 5.73 Å². The first-order valence-electron chi connectivity index (χ1n) is 7.51. The minimum atomic E-state index is -0.247. The minimum absolute atomic E-state index is 0.247. The first-order chi connectivity index (χ1) is 10.8. The molecule has 0 amide bonds. The van der Waals surface area contributed by atoms with Gasteiger partial charge in [0.2, 0.25) is 0 Å². The zero-order valence-electron chi connectivity index (χ0n) is 14.1. The van der Waals surface area contributed by atoms with Crippen molar-refractivity contribution in [2.24, 2.45) is 0 Å². The lowest BCUT2D eigenvalue weighted by atomic mass is 10.1. The summed E-state index contributed by atoms with van der Waals surface area (Å²) in [5, 5.41) is 5.23. The Kier molecular flexibility index (Phi) is 3.47. The fraction of sp³-hybridized carbons (Fsp3) is 0.353. The number of ether oxygens (including phenoxy) is 1. The summed E-state index contributed by atoms with van der Waals surface area (Å²) in [6, 6.07) is 6.03. The molecule has 1 aromatic carbocycles. The summed E-state index contributed by atoms with van der Waals surface area (Å²) in [6.07, 6.45) is 1.45. The molecule has 3 rings (SSSR count). The van der Waals surface area contributed by atoms with Crippen LogP contribution in [0.3, 0.4) is 0 Å². The molecule has 2 heterocycles. The molecule has 0 unspecified atom stereocenters. The first kappa shape index (κ1) is 15.3. The summed E-state index contributed by atoms with van der Waals surface area (Å²) in [6.45, 7) is 10.2. The van der Waals surface area contributed by atoms with Gasteiger partial charge in [0.05, 0.1) is 5.54 Å². The van der Waals surface area contributed by atoms with Crippen molar-refractivity contribution < 1.29 is 4.74 Å². The maximum absolute atomic E-state index is 6.04. The van der Waals surface area contributed by atoms with Crippen LogP contribution >= 0.6 is 0 Å². The topological polar surface area (TPSA) is 78.8 Å². The van der Waals surface area contributed by atoms with Crippen LogP contribution in [-0.4, -0.2) is 19.7 Å². The lowest BCUT2D eigenvalue weighted by molar-refractivity contribution is 0.349. The molecule has 0 spiro atoms. The van der Waals surface area contributed by atoms with Gasteiger partial charge in [-0.2, -0.15) is 0 Å². The Hall–Kier alpha value is -2.63. The van der Waals surface area contributed by atoms with Crippen LogP contribution in [0.1, 0.15) is 31.9 Å². The van der Waals surface area contributed by atoms with Crippen LogP contribution in [0.15, 0.2) is 24.5 Å². The molecule has 0 fully saturated rings. The van der Waals surface area contributed by atoms with E-state index in [0.29, 0.717) is 22.7 Å². The van der Waals surface area contributed by atoms with Crippen molar-refractivity contribution in [1.29, 1.82) is 0 Å². The maximum atomic E-state index is 6.04. The van der Waals surface area contributed by atoms with Crippen LogP contribution in [0.2, 0.25) is 0 Å². The zero-order valence-corrected chi connectivity index (χ0v) is 14.1. The van der Waals surface area contributed by atoms with Crippen molar-refractivity contribution in [3.05, 3.63) is 35.7 Å². The molecule has 6 heteroatoms. The number of nitrogens with zero attached hydrogens (tertiary/aromatic N) is 4. The Labute approximate surface area is 135 Å². The molecule has 0 bridgehead atoms. The standard InChI is InChI=1S/C17H21N5O/c1-10-6-11(2)8-12(7-10)23-16-13-14(18)19-9-20-15(13)22(21-16)17(3,4)5/h6-9H,1-5H3,(H2,18,19,20). The smallest absolute Gasteiger partial charge is 0.251 e. The second-order valence-electron chi connectivity index (χ2n) is 6.77. The second-order valence-corrected chi connectivity index (χ2v) is 6.77. The van der Waals surface area contributed by atoms with E-state index in [0.717, 1.165) is 16.9 Å². The van der Waals surface area contributed by atoms with E-state index in [-0.39, 0.29) is 5.54 Å². The van der Waals surface area contributed by atoms with E-state index >= 15 is 0 Å². The average molecular weight is 311 g/mol. The van der Waals surface area contributed by atoms with E-state index in [4.69, 9.17) is 10.5 Å². The van der Waals surface area contributed by atoms with Gasteiger partial charge in [-0.3, -0.25) is 0 Å². The van der Waals surface area contributed by atoms with Crippen molar-refractivity contribution in [3.8, 4) is 11.6 Å². The lowest BCUT2D eigenvalue weighted by Gasteiger charge is -2.19. The van der Waals surface area contributed by atoms with Gasteiger partial charge in [-0.1, -0.05) is 6.07 Å². The molecule has 0 saturated heterocycles. The third-order valence-electron chi connectivity index (χ3n) is 3.51. The predicted octanol–water partition coefficient (Wildman–Crippen LogP) is 3.57. The van der Waals surface area contributed by atoms with Gasteiger partial charge in [0, 0.05) is 0 Å². The highest BCUT2D eigenvalue weighted by Crippen LogP contribution is 2.34. The number of aryl methyl sites for hydroxylation is 2. The first-order valence-corrected chi connectivity index (χ1v) is 7.51. The second kappa shape index (κ2) is 5.22. The Balaban J connectivity index is 2.17. The molecule has 0 aliphatic rings. The summed E-state index contributed by atoms with van der Waals surface area (Å²) < 4.78 is 7.84. The number of fused-ring (bicyclic) bond motifs is 1. The molecule has 2 aromatic heterocycles. The summed E-state index contributed by atoms with van der Waals surface area (Å²) >= 11 is 0. The molecule has 3 aromatic rings. The van der Waals surface area contributed by atoms with Crippen molar-refractivity contribution in [3.63, 3.8) is 0 Å². The van der Waals surface area contributed by atoms with Crippen LogP contribution in [0.25, 0.3) is 11.0 Å². The zero-order chi connectivity index (χ0) is 16.8. The molecule has 0 aliphatic heterocycles. The molecule has 23 heavy (non-hydrogen) atoms. The molecule has 6 nitrogen and oxygen atoms in total. The molecule has 0 aliphatic carbocycles. The molecular weight excluding hydrogens is 290 g/mol. The predicted molar refractivity (Wildman–Crippen MR) is 90.7 cm³/mol. The van der Waals surface area contributed by atoms with Crippen LogP contribution < -0.4 is 10.5 Å². The van der Waals surface area contributed by atoms with Gasteiger partial charge in [-0.15, -0.1) is 5.10 Å². The van der Waals surface area contributed by atoms with E-state index in [1.165, 1.54) is 6.33 Å². The largest absolute Gasteiger partial charge is 0.437 e. The van der Waals surface area contributed by atoms with Crippen molar-refractivity contribution in [1.82, 2.24) is 19.7 Å². The molecule has 0 radical (unpaired) electrons. The Morgan fingerprint density at radius 1 is 1.04 bits per heavy atom. The van der Waals surface area contributed by atoms with E-state index < -0.39 is 0 Å². The average Bonchev–Trinajstić information content (AvgIpc) is 2.77. The van der Waals surface area contributed by atoms with Crippen LogP contribution in [0.5, 0.6) is 11.6 Å². The third kappa shape index (κ3) is 2.84. The number of hydrogen-bond acceptors (Lipinski definition) is 5. The van der Waals surface area contributed by atoms with Crippen LogP contribution in [0.4, 0.5) is 5.82 Å². The molecule has 2 N–H and O–H groups in total. The number of nitrogens with two attached hydrogens (primary N) is 1. The Morgan fingerprint density at radius 3 is 2.30 bits per heavy atom. The van der Waals surface area contributed by atoms with Gasteiger partial charge >= 0.3 is 0 Å². The lowest BCUT2D eigenvalue weighted by Crippen LogP contribution is -2.23. The van der Waals surface area contributed by atoms with Gasteiger partial charge in [0.25, 0.3) is 5.88 Å². The van der Waals surface area contributed by atoms with Gasteiger partial charge in [0.1, 0.15) is 23.3 Å². The van der Waals surface area contributed by atoms with Crippen LogP contribution in [-0.2, 0) is 5.54 Å². The number of anilines is 1. The quantitative estimate of drug-likeness (QED) is 0.782. The van der Waals surface area contributed by atoms with Crippen molar-refractivity contribution in [2.45, 2.75) is 40.2 Å². The number of rotatable bonds is 2. The number of aromatic nitrogens is 4. The monoisotopic (exact) mass is 311 g/mol. The van der Waals surface area contributed by atoms with E-state index in [1.54, 1.807) is 0 Å². The van der Waals surface area contributed by atoms with Gasteiger partial charge < -0.3 is 10.5 Å². The summed E-state index contributed by atoms with van der Waals surface area (Å²) in [4.78, 5) is 8.41. The number of benzene rings is 1.